The molecule has 2 aromatic rings. The smallest absolute Gasteiger partial charge is 0.294 e. The molecule has 0 unspecified atom stereocenters. The lowest BCUT2D eigenvalue weighted by Crippen LogP contribution is -2.14. The molecule has 1 aromatic heterocycles. The van der Waals surface area contributed by atoms with Crippen LogP contribution in [0.5, 0.6) is 0 Å². The van der Waals surface area contributed by atoms with E-state index in [4.69, 9.17) is 4.52 Å². The molecule has 0 bridgehead atoms. The third-order valence-electron chi connectivity index (χ3n) is 2.90. The van der Waals surface area contributed by atoms with E-state index in [2.05, 4.69) is 24.3 Å². The van der Waals surface area contributed by atoms with Crippen molar-refractivity contribution in [1.29, 1.82) is 0 Å². The molecular formula is C14H16N2O2. The first-order valence-corrected chi connectivity index (χ1v) is 6.09. The minimum absolute atomic E-state index is 0.225. The number of carbonyl (C=O) groups excluding carboxylic acids is 1. The highest BCUT2D eigenvalue weighted by molar-refractivity contribution is 6.03. The molecule has 94 valence electrons. The van der Waals surface area contributed by atoms with Gasteiger partial charge in [0.05, 0.1) is 6.20 Å². The second kappa shape index (κ2) is 5.49. The number of nitrogens with one attached hydrogen (secondary N) is 1. The summed E-state index contributed by atoms with van der Waals surface area (Å²) < 4.78 is 4.85. The van der Waals surface area contributed by atoms with Crippen molar-refractivity contribution in [3.63, 3.8) is 0 Å². The Morgan fingerprint density at radius 2 is 1.89 bits per heavy atom. The molecule has 2 rings (SSSR count). The lowest BCUT2D eigenvalue weighted by molar-refractivity contribution is 0.0987. The van der Waals surface area contributed by atoms with Crippen molar-refractivity contribution in [2.75, 3.05) is 5.32 Å². The number of aromatic nitrogens is 1. The zero-order valence-corrected chi connectivity index (χ0v) is 10.6. The topological polar surface area (TPSA) is 55.1 Å². The molecule has 1 heterocycles. The summed E-state index contributed by atoms with van der Waals surface area (Å²) in [6, 6.07) is 7.61. The van der Waals surface area contributed by atoms with Crippen molar-refractivity contribution in [2.24, 2.45) is 0 Å². The lowest BCUT2D eigenvalue weighted by Gasteiger charge is -2.13. The first-order chi connectivity index (χ1) is 8.76. The van der Waals surface area contributed by atoms with Crippen LogP contribution >= 0.6 is 0 Å². The zero-order chi connectivity index (χ0) is 13.0. The molecule has 1 N–H and O–H groups in total. The normalized spacial score (nSPS) is 10.3. The number of nitrogens with zero attached hydrogens (tertiary/aromatic N) is 1. The fraction of sp³-hybridized carbons (Fsp3) is 0.286. The number of rotatable bonds is 4. The Hall–Kier alpha value is -2.10. The Morgan fingerprint density at radius 1 is 1.22 bits per heavy atom. The van der Waals surface area contributed by atoms with E-state index < -0.39 is 0 Å². The number of carbonyl (C=O) groups is 1. The Bertz CT molecular complexity index is 510. The van der Waals surface area contributed by atoms with Crippen molar-refractivity contribution in [1.82, 2.24) is 5.16 Å². The van der Waals surface area contributed by atoms with Gasteiger partial charge in [-0.3, -0.25) is 4.79 Å². The van der Waals surface area contributed by atoms with Crippen LogP contribution in [0.2, 0.25) is 0 Å². The Balaban J connectivity index is 2.30. The summed E-state index contributed by atoms with van der Waals surface area (Å²) in [5.41, 5.74) is 3.15. The average Bonchev–Trinajstić information content (AvgIpc) is 2.93. The van der Waals surface area contributed by atoms with Gasteiger partial charge in [-0.25, -0.2) is 0 Å². The van der Waals surface area contributed by atoms with Crippen molar-refractivity contribution in [2.45, 2.75) is 26.7 Å². The van der Waals surface area contributed by atoms with Gasteiger partial charge in [0, 0.05) is 11.8 Å². The Kier molecular flexibility index (Phi) is 3.77. The monoisotopic (exact) mass is 244 g/mol. The van der Waals surface area contributed by atoms with E-state index in [0.717, 1.165) is 29.7 Å². The van der Waals surface area contributed by atoms with Crippen LogP contribution < -0.4 is 5.32 Å². The van der Waals surface area contributed by atoms with Crippen LogP contribution in [0.15, 0.2) is 35.0 Å². The van der Waals surface area contributed by atoms with Crippen molar-refractivity contribution >= 4 is 11.6 Å². The summed E-state index contributed by atoms with van der Waals surface area (Å²) in [6.07, 6.45) is 3.21. The van der Waals surface area contributed by atoms with Crippen LogP contribution in [0.3, 0.4) is 0 Å². The molecule has 4 heteroatoms. The van der Waals surface area contributed by atoms with Crippen LogP contribution in [-0.4, -0.2) is 11.1 Å². The molecule has 0 saturated heterocycles. The van der Waals surface area contributed by atoms with Crippen LogP contribution in [0, 0.1) is 0 Å². The highest BCUT2D eigenvalue weighted by atomic mass is 16.5. The number of aryl methyl sites for hydroxylation is 2. The van der Waals surface area contributed by atoms with Gasteiger partial charge in [0.15, 0.2) is 0 Å². The molecule has 0 radical (unpaired) electrons. The summed E-state index contributed by atoms with van der Waals surface area (Å²) in [6.45, 7) is 4.14. The van der Waals surface area contributed by atoms with Gasteiger partial charge in [-0.05, 0) is 24.0 Å². The predicted octanol–water partition coefficient (Wildman–Crippen LogP) is 3.05. The number of hydrogen-bond acceptors (Lipinski definition) is 3. The van der Waals surface area contributed by atoms with Gasteiger partial charge >= 0.3 is 0 Å². The van der Waals surface area contributed by atoms with Gasteiger partial charge in [0.1, 0.15) is 0 Å². The largest absolute Gasteiger partial charge is 0.351 e. The molecular weight excluding hydrogens is 228 g/mol. The van der Waals surface area contributed by atoms with Crippen LogP contribution in [0.25, 0.3) is 0 Å². The SMILES string of the molecule is CCc1cccc(CC)c1NC(=O)c1ccno1. The number of hydrogen-bond donors (Lipinski definition) is 1. The minimum atomic E-state index is -0.261. The second-order valence-electron chi connectivity index (χ2n) is 3.99. The Morgan fingerprint density at radius 3 is 2.39 bits per heavy atom. The second-order valence-corrected chi connectivity index (χ2v) is 3.99. The maximum Gasteiger partial charge on any atom is 0.294 e. The highest BCUT2D eigenvalue weighted by Gasteiger charge is 2.13. The molecule has 1 aromatic carbocycles. The van der Waals surface area contributed by atoms with E-state index >= 15 is 0 Å². The van der Waals surface area contributed by atoms with Crippen molar-refractivity contribution in [3.05, 3.63) is 47.3 Å². The average molecular weight is 244 g/mol. The lowest BCUT2D eigenvalue weighted by atomic mass is 10.0. The molecule has 0 aliphatic rings. The maximum atomic E-state index is 12.0. The predicted molar refractivity (Wildman–Crippen MR) is 69.7 cm³/mol. The Labute approximate surface area is 106 Å². The summed E-state index contributed by atoms with van der Waals surface area (Å²) in [7, 11) is 0. The van der Waals surface area contributed by atoms with Gasteiger partial charge < -0.3 is 9.84 Å². The van der Waals surface area contributed by atoms with Crippen LogP contribution in [0.1, 0.15) is 35.5 Å². The maximum absolute atomic E-state index is 12.0. The molecule has 0 spiro atoms. The van der Waals surface area contributed by atoms with Gasteiger partial charge in [-0.15, -0.1) is 0 Å². The molecule has 0 aliphatic carbocycles. The summed E-state index contributed by atoms with van der Waals surface area (Å²) in [5, 5.41) is 6.44. The summed E-state index contributed by atoms with van der Waals surface area (Å²) >= 11 is 0. The van der Waals surface area contributed by atoms with E-state index in [1.54, 1.807) is 6.07 Å². The fourth-order valence-corrected chi connectivity index (χ4v) is 1.91. The van der Waals surface area contributed by atoms with Crippen molar-refractivity contribution < 1.29 is 9.32 Å². The number of amides is 1. The van der Waals surface area contributed by atoms with Gasteiger partial charge in [-0.1, -0.05) is 37.2 Å². The van der Waals surface area contributed by atoms with E-state index in [1.165, 1.54) is 6.20 Å². The zero-order valence-electron chi connectivity index (χ0n) is 10.6. The van der Waals surface area contributed by atoms with E-state index in [0.29, 0.717) is 0 Å². The number of para-hydroxylation sites is 1. The molecule has 0 saturated carbocycles. The third-order valence-corrected chi connectivity index (χ3v) is 2.90. The van der Waals surface area contributed by atoms with E-state index in [9.17, 15) is 4.79 Å². The first-order valence-electron chi connectivity index (χ1n) is 6.09. The molecule has 0 fully saturated rings. The third kappa shape index (κ3) is 2.42. The number of benzene rings is 1. The molecule has 4 nitrogen and oxygen atoms in total. The van der Waals surface area contributed by atoms with Gasteiger partial charge in [0.25, 0.3) is 5.91 Å². The minimum Gasteiger partial charge on any atom is -0.351 e. The van der Waals surface area contributed by atoms with Crippen molar-refractivity contribution in [3.8, 4) is 0 Å². The molecule has 0 atom stereocenters. The van der Waals surface area contributed by atoms with E-state index in [1.807, 2.05) is 18.2 Å². The number of anilines is 1. The molecule has 0 aliphatic heterocycles. The quantitative estimate of drug-likeness (QED) is 0.899. The van der Waals surface area contributed by atoms with E-state index in [-0.39, 0.29) is 11.7 Å². The fourth-order valence-electron chi connectivity index (χ4n) is 1.91. The summed E-state index contributed by atoms with van der Waals surface area (Å²) in [4.78, 5) is 12.0. The van der Waals surface area contributed by atoms with Crippen LogP contribution in [0.4, 0.5) is 5.69 Å². The van der Waals surface area contributed by atoms with Crippen LogP contribution in [-0.2, 0) is 12.8 Å². The first kappa shape index (κ1) is 12.4. The summed E-state index contributed by atoms with van der Waals surface area (Å²) in [5.74, 6) is -0.0361. The molecule has 1 amide bonds. The molecule has 18 heavy (non-hydrogen) atoms. The highest BCUT2D eigenvalue weighted by Crippen LogP contribution is 2.23. The standard InChI is InChI=1S/C14H16N2O2/c1-3-10-6-5-7-11(4-2)13(10)16-14(17)12-8-9-15-18-12/h5-9H,3-4H2,1-2H3,(H,16,17). The van der Waals surface area contributed by atoms with Gasteiger partial charge in [-0.2, -0.15) is 0 Å². The van der Waals surface area contributed by atoms with Gasteiger partial charge in [0.2, 0.25) is 5.76 Å².